The Morgan fingerprint density at radius 1 is 1.06 bits per heavy atom. The molecule has 0 spiro atoms. The van der Waals surface area contributed by atoms with Crippen LogP contribution in [0.15, 0.2) is 48.7 Å². The number of hydrogen-bond acceptors (Lipinski definition) is 5. The van der Waals surface area contributed by atoms with Crippen LogP contribution in [0.25, 0.3) is 0 Å². The molecule has 0 bridgehead atoms. The fraction of sp³-hybridized carbons (Fsp3) is 0.381. The minimum absolute atomic E-state index is 0.0952. The van der Waals surface area contributed by atoms with Gasteiger partial charge in [0.1, 0.15) is 11.4 Å². The molecule has 10 heteroatoms. The number of amides is 2. The molecular weight excluding hydrogens is 413 g/mol. The molecule has 0 atom stereocenters. The monoisotopic (exact) mass is 436 g/mol. The maximum Gasteiger partial charge on any atom is 0.422 e. The van der Waals surface area contributed by atoms with E-state index in [1.165, 1.54) is 12.1 Å². The molecule has 31 heavy (non-hydrogen) atoms. The highest BCUT2D eigenvalue weighted by molar-refractivity contribution is 5.92. The molecule has 0 unspecified atom stereocenters. The molecular formula is C21H23F3N4O3. The number of ether oxygens (including phenoxy) is 1. The average molecular weight is 436 g/mol. The van der Waals surface area contributed by atoms with Gasteiger partial charge in [-0.3, -0.25) is 19.5 Å². The Morgan fingerprint density at radius 3 is 2.52 bits per heavy atom. The van der Waals surface area contributed by atoms with Gasteiger partial charge < -0.3 is 15.0 Å². The van der Waals surface area contributed by atoms with E-state index in [1.807, 2.05) is 4.90 Å². The number of nitrogens with zero attached hydrogens (tertiary/aromatic N) is 3. The summed E-state index contributed by atoms with van der Waals surface area (Å²) in [5.74, 6) is -0.235. The van der Waals surface area contributed by atoms with Gasteiger partial charge in [-0.2, -0.15) is 13.2 Å². The summed E-state index contributed by atoms with van der Waals surface area (Å²) < 4.78 is 41.5. The molecule has 0 saturated carbocycles. The zero-order chi connectivity index (χ0) is 22.3. The van der Waals surface area contributed by atoms with Crippen molar-refractivity contribution in [1.29, 1.82) is 0 Å². The summed E-state index contributed by atoms with van der Waals surface area (Å²) in [7, 11) is 0. The van der Waals surface area contributed by atoms with Crippen molar-refractivity contribution in [3.63, 3.8) is 0 Å². The zero-order valence-corrected chi connectivity index (χ0v) is 16.8. The summed E-state index contributed by atoms with van der Waals surface area (Å²) in [6.45, 7) is 1.12. The second kappa shape index (κ2) is 10.3. The number of nitrogens with one attached hydrogen (secondary N) is 1. The van der Waals surface area contributed by atoms with E-state index in [4.69, 9.17) is 4.74 Å². The number of benzene rings is 1. The first kappa shape index (κ1) is 22.5. The van der Waals surface area contributed by atoms with Gasteiger partial charge in [-0.25, -0.2) is 0 Å². The van der Waals surface area contributed by atoms with E-state index in [9.17, 15) is 22.8 Å². The largest absolute Gasteiger partial charge is 0.484 e. The number of halogens is 3. The van der Waals surface area contributed by atoms with Crippen LogP contribution < -0.4 is 10.1 Å². The van der Waals surface area contributed by atoms with E-state index in [0.717, 1.165) is 0 Å². The fourth-order valence-electron chi connectivity index (χ4n) is 3.13. The van der Waals surface area contributed by atoms with Gasteiger partial charge in [-0.1, -0.05) is 18.2 Å². The number of pyridine rings is 1. The maximum atomic E-state index is 12.4. The molecule has 1 saturated heterocycles. The lowest BCUT2D eigenvalue weighted by molar-refractivity contribution is -0.153. The highest BCUT2D eigenvalue weighted by atomic mass is 19.4. The van der Waals surface area contributed by atoms with Gasteiger partial charge in [0.15, 0.2) is 6.61 Å². The second-order valence-electron chi connectivity index (χ2n) is 7.11. The first-order valence-corrected chi connectivity index (χ1v) is 9.78. The Bertz CT molecular complexity index is 885. The number of alkyl halides is 3. The molecule has 0 radical (unpaired) electrons. The van der Waals surface area contributed by atoms with E-state index < -0.39 is 12.8 Å². The number of aromatic nitrogens is 1. The van der Waals surface area contributed by atoms with E-state index in [-0.39, 0.29) is 30.7 Å². The van der Waals surface area contributed by atoms with Crippen LogP contribution in [0.1, 0.15) is 16.1 Å². The maximum absolute atomic E-state index is 12.4. The molecule has 1 aromatic carbocycles. The van der Waals surface area contributed by atoms with Crippen LogP contribution in [-0.4, -0.2) is 72.1 Å². The van der Waals surface area contributed by atoms with Crippen LogP contribution in [-0.2, 0) is 11.3 Å². The van der Waals surface area contributed by atoms with Crippen LogP contribution in [0.2, 0.25) is 0 Å². The first-order chi connectivity index (χ1) is 14.8. The fourth-order valence-corrected chi connectivity index (χ4v) is 3.13. The van der Waals surface area contributed by atoms with Crippen LogP contribution in [0.5, 0.6) is 5.75 Å². The smallest absolute Gasteiger partial charge is 0.422 e. The third kappa shape index (κ3) is 7.25. The van der Waals surface area contributed by atoms with Gasteiger partial charge >= 0.3 is 6.18 Å². The molecule has 2 aromatic rings. The van der Waals surface area contributed by atoms with Crippen molar-refractivity contribution in [3.8, 4) is 5.75 Å². The normalized spacial score (nSPS) is 14.9. The summed E-state index contributed by atoms with van der Waals surface area (Å²) in [5.41, 5.74) is 1.04. The summed E-state index contributed by atoms with van der Waals surface area (Å²) in [4.78, 5) is 32.4. The Balaban J connectivity index is 1.40. The molecule has 1 aliphatic rings. The van der Waals surface area contributed by atoms with Gasteiger partial charge in [0.25, 0.3) is 5.91 Å². The molecule has 1 fully saturated rings. The van der Waals surface area contributed by atoms with E-state index in [1.54, 1.807) is 41.4 Å². The number of carbonyl (C=O) groups excluding carboxylic acids is 2. The van der Waals surface area contributed by atoms with E-state index in [2.05, 4.69) is 10.3 Å². The standard InChI is InChI=1S/C21H23F3N4O3/c22-21(23,24)15-31-17-5-3-4-16(12-17)13-26-19(29)14-27-8-10-28(11-9-27)20(30)18-6-1-2-7-25-18/h1-7,12H,8-11,13-15H2,(H,26,29). The van der Waals surface area contributed by atoms with Gasteiger partial charge in [0, 0.05) is 38.9 Å². The molecule has 3 rings (SSSR count). The van der Waals surface area contributed by atoms with Crippen molar-refractivity contribution in [2.75, 3.05) is 39.3 Å². The molecule has 166 valence electrons. The Labute approximate surface area is 177 Å². The highest BCUT2D eigenvalue weighted by Gasteiger charge is 2.28. The van der Waals surface area contributed by atoms with Crippen molar-refractivity contribution in [1.82, 2.24) is 20.1 Å². The summed E-state index contributed by atoms with van der Waals surface area (Å²) in [6.07, 6.45) is -2.83. The van der Waals surface area contributed by atoms with Crippen molar-refractivity contribution < 1.29 is 27.5 Å². The zero-order valence-electron chi connectivity index (χ0n) is 16.8. The molecule has 0 aliphatic carbocycles. The van der Waals surface area contributed by atoms with Crippen molar-refractivity contribution >= 4 is 11.8 Å². The van der Waals surface area contributed by atoms with Crippen LogP contribution in [0.3, 0.4) is 0 Å². The predicted octanol–water partition coefficient (Wildman–Crippen LogP) is 2.10. The molecule has 1 aromatic heterocycles. The minimum Gasteiger partial charge on any atom is -0.484 e. The summed E-state index contributed by atoms with van der Waals surface area (Å²) >= 11 is 0. The van der Waals surface area contributed by atoms with E-state index >= 15 is 0 Å². The predicted molar refractivity (Wildman–Crippen MR) is 106 cm³/mol. The van der Waals surface area contributed by atoms with Gasteiger partial charge in [-0.05, 0) is 29.8 Å². The topological polar surface area (TPSA) is 74.8 Å². The number of carbonyl (C=O) groups is 2. The molecule has 1 aliphatic heterocycles. The van der Waals surface area contributed by atoms with Crippen molar-refractivity contribution in [3.05, 3.63) is 59.9 Å². The highest BCUT2D eigenvalue weighted by Crippen LogP contribution is 2.19. The average Bonchev–Trinajstić information content (AvgIpc) is 2.77. The lowest BCUT2D eigenvalue weighted by atomic mass is 10.2. The second-order valence-corrected chi connectivity index (χ2v) is 7.11. The lowest BCUT2D eigenvalue weighted by Gasteiger charge is -2.34. The number of rotatable bonds is 7. The Hall–Kier alpha value is -3.14. The third-order valence-electron chi connectivity index (χ3n) is 4.70. The third-order valence-corrected chi connectivity index (χ3v) is 4.70. The summed E-state index contributed by atoms with van der Waals surface area (Å²) in [5, 5.41) is 2.76. The SMILES string of the molecule is O=C(CN1CCN(C(=O)c2ccccn2)CC1)NCc1cccc(OCC(F)(F)F)c1. The van der Waals surface area contributed by atoms with Gasteiger partial charge in [-0.15, -0.1) is 0 Å². The Morgan fingerprint density at radius 2 is 1.84 bits per heavy atom. The number of hydrogen-bond donors (Lipinski definition) is 1. The van der Waals surface area contributed by atoms with Gasteiger partial charge in [0.05, 0.1) is 6.54 Å². The van der Waals surface area contributed by atoms with Crippen molar-refractivity contribution in [2.45, 2.75) is 12.7 Å². The van der Waals surface area contributed by atoms with Crippen molar-refractivity contribution in [2.24, 2.45) is 0 Å². The van der Waals surface area contributed by atoms with E-state index in [0.29, 0.717) is 37.4 Å². The van der Waals surface area contributed by atoms with Crippen LogP contribution in [0, 0.1) is 0 Å². The minimum atomic E-state index is -4.41. The molecule has 2 amide bonds. The van der Waals surface area contributed by atoms with Gasteiger partial charge in [0.2, 0.25) is 5.91 Å². The lowest BCUT2D eigenvalue weighted by Crippen LogP contribution is -2.51. The Kier molecular flexibility index (Phi) is 7.45. The molecule has 2 heterocycles. The summed E-state index contributed by atoms with van der Waals surface area (Å²) in [6, 6.07) is 11.4. The number of piperazine rings is 1. The van der Waals surface area contributed by atoms with Crippen LogP contribution in [0.4, 0.5) is 13.2 Å². The first-order valence-electron chi connectivity index (χ1n) is 9.78. The quantitative estimate of drug-likeness (QED) is 0.720. The van der Waals surface area contributed by atoms with Crippen LogP contribution >= 0.6 is 0 Å². The molecule has 1 N–H and O–H groups in total. The molecule has 7 nitrogen and oxygen atoms in total.